The minimum Gasteiger partial charge on any atom is -0.465 e. The highest BCUT2D eigenvalue weighted by atomic mass is 32.2. The Morgan fingerprint density at radius 2 is 1.89 bits per heavy atom. The number of thioether (sulfide) groups is 1. The van der Waals surface area contributed by atoms with E-state index in [9.17, 15) is 14.0 Å². The summed E-state index contributed by atoms with van der Waals surface area (Å²) < 4.78 is 20.3. The maximum absolute atomic E-state index is 13.3. The molecule has 35 heavy (non-hydrogen) atoms. The molecule has 0 saturated carbocycles. The largest absolute Gasteiger partial charge is 0.465 e. The van der Waals surface area contributed by atoms with Crippen molar-refractivity contribution >= 4 is 51.3 Å². The normalized spacial score (nSPS) is 11.1. The monoisotopic (exact) mass is 530 g/mol. The van der Waals surface area contributed by atoms with Crippen LogP contribution >= 0.6 is 34.4 Å². The van der Waals surface area contributed by atoms with Crippen LogP contribution < -0.4 is 5.32 Å². The van der Waals surface area contributed by atoms with E-state index in [1.54, 1.807) is 28.8 Å². The molecule has 7 nitrogen and oxygen atoms in total. The third-order valence-corrected chi connectivity index (χ3v) is 7.79. The van der Waals surface area contributed by atoms with Crippen molar-refractivity contribution in [3.8, 4) is 22.5 Å². The van der Waals surface area contributed by atoms with Crippen LogP contribution in [0.15, 0.2) is 46.2 Å². The SMILES string of the molecule is COC(=O)c1c(-c2ccc(F)cc2)csc1NC(=O)CSc1nnc(-c2csc(C)c2)n1C(C)C. The number of rotatable bonds is 8. The van der Waals surface area contributed by atoms with Gasteiger partial charge in [-0.2, -0.15) is 0 Å². The molecular formula is C24H23FN4O3S3. The van der Waals surface area contributed by atoms with E-state index in [2.05, 4.69) is 21.6 Å². The minimum atomic E-state index is -0.580. The lowest BCUT2D eigenvalue weighted by Gasteiger charge is -2.13. The number of hydrogen-bond acceptors (Lipinski definition) is 8. The van der Waals surface area contributed by atoms with Gasteiger partial charge in [-0.1, -0.05) is 23.9 Å². The van der Waals surface area contributed by atoms with Crippen molar-refractivity contribution in [1.29, 1.82) is 0 Å². The highest BCUT2D eigenvalue weighted by molar-refractivity contribution is 7.99. The number of aromatic nitrogens is 3. The topological polar surface area (TPSA) is 86.1 Å². The summed E-state index contributed by atoms with van der Waals surface area (Å²) in [6.45, 7) is 6.13. The average Bonchev–Trinajstić information content (AvgIpc) is 3.55. The molecule has 3 heterocycles. The second kappa shape index (κ2) is 10.7. The molecule has 3 aromatic heterocycles. The van der Waals surface area contributed by atoms with Crippen molar-refractivity contribution in [3.63, 3.8) is 0 Å². The number of nitrogens with zero attached hydrogens (tertiary/aromatic N) is 3. The Kier molecular flexibility index (Phi) is 7.68. The molecule has 182 valence electrons. The number of carbonyl (C=O) groups is 2. The number of thiophene rings is 2. The molecule has 0 fully saturated rings. The van der Waals surface area contributed by atoms with E-state index in [0.717, 1.165) is 11.4 Å². The third-order valence-electron chi connectivity index (χ3n) is 5.09. The van der Waals surface area contributed by atoms with Crippen molar-refractivity contribution in [1.82, 2.24) is 14.8 Å². The van der Waals surface area contributed by atoms with Gasteiger partial charge in [-0.05, 0) is 44.5 Å². The van der Waals surface area contributed by atoms with Crippen molar-refractivity contribution in [2.75, 3.05) is 18.2 Å². The Balaban J connectivity index is 1.52. The first kappa shape index (κ1) is 25.1. The van der Waals surface area contributed by atoms with Crippen LogP contribution in [0.1, 0.15) is 35.1 Å². The quantitative estimate of drug-likeness (QED) is 0.213. The fraction of sp³-hybridized carbons (Fsp3) is 0.250. The Hall–Kier alpha value is -3.02. The molecule has 1 amide bonds. The van der Waals surface area contributed by atoms with Gasteiger partial charge in [0.15, 0.2) is 11.0 Å². The molecule has 1 aromatic carbocycles. The zero-order chi connectivity index (χ0) is 25.1. The number of methoxy groups -OCH3 is 1. The summed E-state index contributed by atoms with van der Waals surface area (Å²) in [7, 11) is 1.28. The summed E-state index contributed by atoms with van der Waals surface area (Å²) in [5.74, 6) is -0.399. The van der Waals surface area contributed by atoms with Gasteiger partial charge < -0.3 is 10.1 Å². The highest BCUT2D eigenvalue weighted by Gasteiger charge is 2.23. The van der Waals surface area contributed by atoms with Crippen LogP contribution in [-0.2, 0) is 9.53 Å². The van der Waals surface area contributed by atoms with Gasteiger partial charge in [0.2, 0.25) is 5.91 Å². The fourth-order valence-electron chi connectivity index (χ4n) is 3.49. The number of benzene rings is 1. The Labute approximate surface area is 214 Å². The van der Waals surface area contributed by atoms with Crippen LogP contribution in [0.5, 0.6) is 0 Å². The number of halogens is 1. The number of aryl methyl sites for hydroxylation is 1. The molecule has 11 heteroatoms. The number of carbonyl (C=O) groups excluding carboxylic acids is 2. The molecule has 0 radical (unpaired) electrons. The molecule has 0 atom stereocenters. The van der Waals surface area contributed by atoms with Gasteiger partial charge in [-0.25, -0.2) is 9.18 Å². The van der Waals surface area contributed by atoms with Crippen molar-refractivity contribution in [2.24, 2.45) is 0 Å². The van der Waals surface area contributed by atoms with Crippen molar-refractivity contribution < 1.29 is 18.7 Å². The summed E-state index contributed by atoms with van der Waals surface area (Å²) in [5.41, 5.74) is 2.46. The van der Waals surface area contributed by atoms with Gasteiger partial charge in [-0.15, -0.1) is 32.9 Å². The van der Waals surface area contributed by atoms with Crippen LogP contribution in [0, 0.1) is 12.7 Å². The predicted molar refractivity (Wildman–Crippen MR) is 139 cm³/mol. The molecule has 0 saturated heterocycles. The number of nitrogens with one attached hydrogen (secondary N) is 1. The zero-order valence-electron chi connectivity index (χ0n) is 19.5. The van der Waals surface area contributed by atoms with E-state index in [1.807, 2.05) is 30.7 Å². The van der Waals surface area contributed by atoms with Gasteiger partial charge in [0, 0.05) is 32.8 Å². The first-order valence-corrected chi connectivity index (χ1v) is 13.4. The first-order chi connectivity index (χ1) is 16.8. The first-order valence-electron chi connectivity index (χ1n) is 10.7. The van der Waals surface area contributed by atoms with E-state index >= 15 is 0 Å². The zero-order valence-corrected chi connectivity index (χ0v) is 21.9. The van der Waals surface area contributed by atoms with Crippen LogP contribution in [0.3, 0.4) is 0 Å². The van der Waals surface area contributed by atoms with Crippen molar-refractivity contribution in [2.45, 2.75) is 32.0 Å². The van der Waals surface area contributed by atoms with Gasteiger partial charge in [-0.3, -0.25) is 9.36 Å². The number of amides is 1. The summed E-state index contributed by atoms with van der Waals surface area (Å²) in [6.07, 6.45) is 0. The lowest BCUT2D eigenvalue weighted by Crippen LogP contribution is -2.16. The standard InChI is InChI=1S/C24H23FN4O3S3/c1-13(2)29-21(16-9-14(3)33-10-16)27-28-24(29)35-12-19(30)26-22-20(23(31)32-4)18(11-34-22)15-5-7-17(25)8-6-15/h5-11,13H,12H2,1-4H3,(H,26,30). The second-order valence-electron chi connectivity index (χ2n) is 7.90. The molecular weight excluding hydrogens is 507 g/mol. The van der Waals surface area contributed by atoms with E-state index < -0.39 is 5.97 Å². The summed E-state index contributed by atoms with van der Waals surface area (Å²) in [4.78, 5) is 26.5. The molecule has 0 spiro atoms. The lowest BCUT2D eigenvalue weighted by molar-refractivity contribution is -0.113. The number of hydrogen-bond donors (Lipinski definition) is 1. The van der Waals surface area contributed by atoms with Gasteiger partial charge in [0.25, 0.3) is 0 Å². The Morgan fingerprint density at radius 1 is 1.14 bits per heavy atom. The van der Waals surface area contributed by atoms with E-state index in [-0.39, 0.29) is 29.1 Å². The van der Waals surface area contributed by atoms with Gasteiger partial charge in [0.1, 0.15) is 16.4 Å². The number of anilines is 1. The molecule has 0 aliphatic heterocycles. The maximum atomic E-state index is 13.3. The van der Waals surface area contributed by atoms with E-state index in [1.165, 1.54) is 47.2 Å². The molecule has 4 rings (SSSR count). The van der Waals surface area contributed by atoms with Gasteiger partial charge >= 0.3 is 5.97 Å². The predicted octanol–water partition coefficient (Wildman–Crippen LogP) is 6.28. The summed E-state index contributed by atoms with van der Waals surface area (Å²) >= 11 is 4.14. The summed E-state index contributed by atoms with van der Waals surface area (Å²) in [6, 6.07) is 7.97. The maximum Gasteiger partial charge on any atom is 0.341 e. The molecule has 0 bridgehead atoms. The summed E-state index contributed by atoms with van der Waals surface area (Å²) in [5, 5.41) is 16.3. The Bertz CT molecular complexity index is 1360. The number of esters is 1. The highest BCUT2D eigenvalue weighted by Crippen LogP contribution is 2.37. The third kappa shape index (κ3) is 5.47. The second-order valence-corrected chi connectivity index (χ2v) is 10.8. The van der Waals surface area contributed by atoms with Crippen molar-refractivity contribution in [3.05, 3.63) is 57.3 Å². The van der Waals surface area contributed by atoms with Crippen LogP contribution in [0.25, 0.3) is 22.5 Å². The minimum absolute atomic E-state index is 0.0813. The lowest BCUT2D eigenvalue weighted by atomic mass is 10.0. The van der Waals surface area contributed by atoms with Crippen LogP contribution in [0.2, 0.25) is 0 Å². The number of ether oxygens (including phenoxy) is 1. The molecule has 0 aliphatic carbocycles. The average molecular weight is 531 g/mol. The molecule has 0 unspecified atom stereocenters. The van der Waals surface area contributed by atoms with E-state index in [4.69, 9.17) is 4.74 Å². The van der Waals surface area contributed by atoms with Crippen LogP contribution in [0.4, 0.5) is 9.39 Å². The molecule has 0 aliphatic rings. The van der Waals surface area contributed by atoms with Crippen LogP contribution in [-0.4, -0.2) is 39.5 Å². The fourth-order valence-corrected chi connectivity index (χ4v) is 6.01. The smallest absolute Gasteiger partial charge is 0.341 e. The molecule has 4 aromatic rings. The van der Waals surface area contributed by atoms with Gasteiger partial charge in [0.05, 0.1) is 12.9 Å². The van der Waals surface area contributed by atoms with E-state index in [0.29, 0.717) is 21.3 Å². The Morgan fingerprint density at radius 3 is 2.51 bits per heavy atom. The molecule has 1 N–H and O–H groups in total.